The molecule has 1 unspecified atom stereocenters. The minimum Gasteiger partial charge on any atom is -0.486 e. The number of hydrogen-bond acceptors (Lipinski definition) is 4. The lowest BCUT2D eigenvalue weighted by atomic mass is 10.0. The summed E-state index contributed by atoms with van der Waals surface area (Å²) in [6, 6.07) is 13.7. The summed E-state index contributed by atoms with van der Waals surface area (Å²) in [5.74, 6) is 0.375. The van der Waals surface area contributed by atoms with Crippen LogP contribution >= 0.6 is 0 Å². The standard InChI is InChI=1S/C21H24FNO3/c1-16(24)17-6-8-18(9-7-17)26-21(19-4-2-3-5-20(19)22)10-11-23-12-14-25-15-13-23/h2-9,21H,10-15H2,1H3. The van der Waals surface area contributed by atoms with Crippen molar-refractivity contribution in [1.82, 2.24) is 4.90 Å². The van der Waals surface area contributed by atoms with Gasteiger partial charge in [0.2, 0.25) is 0 Å². The van der Waals surface area contributed by atoms with Crippen molar-refractivity contribution in [1.29, 1.82) is 0 Å². The van der Waals surface area contributed by atoms with Crippen LogP contribution in [0, 0.1) is 5.82 Å². The van der Waals surface area contributed by atoms with Gasteiger partial charge in [-0.25, -0.2) is 4.39 Å². The first-order valence-electron chi connectivity index (χ1n) is 8.95. The lowest BCUT2D eigenvalue weighted by Gasteiger charge is -2.28. The largest absolute Gasteiger partial charge is 0.486 e. The summed E-state index contributed by atoms with van der Waals surface area (Å²) in [7, 11) is 0. The van der Waals surface area contributed by atoms with Gasteiger partial charge in [0.05, 0.1) is 13.2 Å². The molecular formula is C21H24FNO3. The van der Waals surface area contributed by atoms with E-state index in [4.69, 9.17) is 9.47 Å². The predicted molar refractivity (Wildman–Crippen MR) is 98.1 cm³/mol. The van der Waals surface area contributed by atoms with Crippen LogP contribution < -0.4 is 4.74 Å². The minimum atomic E-state index is -0.387. The molecule has 0 radical (unpaired) electrons. The van der Waals surface area contributed by atoms with E-state index >= 15 is 0 Å². The third-order valence-electron chi connectivity index (χ3n) is 4.60. The number of rotatable bonds is 7. The van der Waals surface area contributed by atoms with Gasteiger partial charge in [-0.2, -0.15) is 0 Å². The summed E-state index contributed by atoms with van der Waals surface area (Å²) in [5, 5.41) is 0. The minimum absolute atomic E-state index is 0.00882. The van der Waals surface area contributed by atoms with Crippen molar-refractivity contribution in [2.45, 2.75) is 19.4 Å². The number of carbonyl (C=O) groups is 1. The van der Waals surface area contributed by atoms with E-state index in [9.17, 15) is 9.18 Å². The van der Waals surface area contributed by atoms with Gasteiger partial charge in [-0.15, -0.1) is 0 Å². The first-order valence-corrected chi connectivity index (χ1v) is 8.95. The molecule has 138 valence electrons. The first-order chi connectivity index (χ1) is 12.6. The topological polar surface area (TPSA) is 38.8 Å². The van der Waals surface area contributed by atoms with E-state index in [0.717, 1.165) is 32.8 Å². The third kappa shape index (κ3) is 4.90. The molecule has 0 aliphatic carbocycles. The van der Waals surface area contributed by atoms with Crippen molar-refractivity contribution in [2.24, 2.45) is 0 Å². The van der Waals surface area contributed by atoms with Gasteiger partial charge < -0.3 is 9.47 Å². The smallest absolute Gasteiger partial charge is 0.159 e. The average molecular weight is 357 g/mol. The Bertz CT molecular complexity index is 726. The molecule has 1 aliphatic heterocycles. The average Bonchev–Trinajstić information content (AvgIpc) is 2.67. The Hall–Kier alpha value is -2.24. The molecule has 1 fully saturated rings. The van der Waals surface area contributed by atoms with Gasteiger partial charge >= 0.3 is 0 Å². The van der Waals surface area contributed by atoms with Crippen molar-refractivity contribution < 1.29 is 18.7 Å². The fourth-order valence-corrected chi connectivity index (χ4v) is 3.07. The first kappa shape index (κ1) is 18.5. The van der Waals surface area contributed by atoms with Crippen LogP contribution in [0.5, 0.6) is 5.75 Å². The van der Waals surface area contributed by atoms with Crippen LogP contribution in [-0.4, -0.2) is 43.5 Å². The van der Waals surface area contributed by atoms with Crippen molar-refractivity contribution in [3.63, 3.8) is 0 Å². The second-order valence-electron chi connectivity index (χ2n) is 6.45. The maximum absolute atomic E-state index is 14.3. The third-order valence-corrected chi connectivity index (χ3v) is 4.60. The molecule has 2 aromatic rings. The summed E-state index contributed by atoms with van der Waals surface area (Å²) in [6.07, 6.45) is 0.289. The highest BCUT2D eigenvalue weighted by Gasteiger charge is 2.20. The molecule has 3 rings (SSSR count). The molecule has 2 aromatic carbocycles. The number of halogens is 1. The molecule has 0 saturated carbocycles. The number of ether oxygens (including phenoxy) is 2. The van der Waals surface area contributed by atoms with E-state index in [0.29, 0.717) is 23.3 Å². The maximum atomic E-state index is 14.3. The normalized spacial score (nSPS) is 16.2. The Kier molecular flexibility index (Phi) is 6.36. The summed E-state index contributed by atoms with van der Waals surface area (Å²) in [4.78, 5) is 13.7. The highest BCUT2D eigenvalue weighted by atomic mass is 19.1. The second kappa shape index (κ2) is 8.92. The summed E-state index contributed by atoms with van der Waals surface area (Å²) >= 11 is 0. The zero-order valence-corrected chi connectivity index (χ0v) is 15.0. The van der Waals surface area contributed by atoms with E-state index in [1.807, 2.05) is 6.07 Å². The number of benzene rings is 2. The van der Waals surface area contributed by atoms with Crippen LogP contribution in [-0.2, 0) is 4.74 Å². The van der Waals surface area contributed by atoms with Crippen LogP contribution in [0.25, 0.3) is 0 Å². The van der Waals surface area contributed by atoms with E-state index in [2.05, 4.69) is 4.90 Å². The number of morpholine rings is 1. The van der Waals surface area contributed by atoms with Crippen molar-refractivity contribution in [2.75, 3.05) is 32.8 Å². The van der Waals surface area contributed by atoms with Crippen molar-refractivity contribution >= 4 is 5.78 Å². The molecule has 0 N–H and O–H groups in total. The quantitative estimate of drug-likeness (QED) is 0.705. The van der Waals surface area contributed by atoms with Gasteiger partial charge in [0.1, 0.15) is 17.7 Å². The van der Waals surface area contributed by atoms with Crippen LogP contribution in [0.1, 0.15) is 35.4 Å². The van der Waals surface area contributed by atoms with Crippen LogP contribution in [0.15, 0.2) is 48.5 Å². The van der Waals surface area contributed by atoms with Gasteiger partial charge in [0, 0.05) is 37.2 Å². The van der Waals surface area contributed by atoms with Crippen LogP contribution in [0.3, 0.4) is 0 Å². The number of nitrogens with zero attached hydrogens (tertiary/aromatic N) is 1. The van der Waals surface area contributed by atoms with Crippen LogP contribution in [0.4, 0.5) is 4.39 Å². The van der Waals surface area contributed by atoms with E-state index in [1.54, 1.807) is 36.4 Å². The molecular weight excluding hydrogens is 333 g/mol. The Balaban J connectivity index is 1.73. The molecule has 1 aliphatic rings. The molecule has 5 heteroatoms. The lowest BCUT2D eigenvalue weighted by Crippen LogP contribution is -2.37. The zero-order chi connectivity index (χ0) is 18.4. The highest BCUT2D eigenvalue weighted by molar-refractivity contribution is 5.94. The Morgan fingerprint density at radius 1 is 1.15 bits per heavy atom. The molecule has 1 saturated heterocycles. The fraction of sp³-hybridized carbons (Fsp3) is 0.381. The molecule has 1 atom stereocenters. The van der Waals surface area contributed by atoms with Crippen molar-refractivity contribution in [3.8, 4) is 5.75 Å². The maximum Gasteiger partial charge on any atom is 0.159 e. The van der Waals surface area contributed by atoms with Crippen molar-refractivity contribution in [3.05, 3.63) is 65.5 Å². The molecule has 0 spiro atoms. The highest BCUT2D eigenvalue weighted by Crippen LogP contribution is 2.27. The zero-order valence-electron chi connectivity index (χ0n) is 15.0. The van der Waals surface area contributed by atoms with Gasteiger partial charge in [0.25, 0.3) is 0 Å². The number of carbonyl (C=O) groups excluding carboxylic acids is 1. The van der Waals surface area contributed by atoms with Gasteiger partial charge in [-0.3, -0.25) is 9.69 Å². The van der Waals surface area contributed by atoms with E-state index in [1.165, 1.54) is 13.0 Å². The van der Waals surface area contributed by atoms with Gasteiger partial charge in [0.15, 0.2) is 5.78 Å². The lowest BCUT2D eigenvalue weighted by molar-refractivity contribution is 0.0315. The number of ketones is 1. The second-order valence-corrected chi connectivity index (χ2v) is 6.45. The van der Waals surface area contributed by atoms with E-state index in [-0.39, 0.29) is 17.7 Å². The molecule has 0 aromatic heterocycles. The van der Waals surface area contributed by atoms with Gasteiger partial charge in [-0.1, -0.05) is 18.2 Å². The molecule has 26 heavy (non-hydrogen) atoms. The number of Topliss-reactive ketones (excluding diaryl/α,β-unsaturated/α-hetero) is 1. The molecule has 0 amide bonds. The fourth-order valence-electron chi connectivity index (χ4n) is 3.07. The Morgan fingerprint density at radius 2 is 1.85 bits per heavy atom. The summed E-state index contributed by atoms with van der Waals surface area (Å²) in [5.41, 5.74) is 1.18. The molecule has 1 heterocycles. The van der Waals surface area contributed by atoms with Gasteiger partial charge in [-0.05, 0) is 37.3 Å². The Labute approximate surface area is 153 Å². The summed E-state index contributed by atoms with van der Waals surface area (Å²) < 4.78 is 25.8. The predicted octanol–water partition coefficient (Wildman–Crippen LogP) is 3.87. The Morgan fingerprint density at radius 3 is 2.50 bits per heavy atom. The molecule has 4 nitrogen and oxygen atoms in total. The van der Waals surface area contributed by atoms with Crippen LogP contribution in [0.2, 0.25) is 0 Å². The SMILES string of the molecule is CC(=O)c1ccc(OC(CCN2CCOCC2)c2ccccc2F)cc1. The monoisotopic (exact) mass is 357 g/mol. The molecule has 0 bridgehead atoms. The number of hydrogen-bond donors (Lipinski definition) is 0. The summed E-state index contributed by atoms with van der Waals surface area (Å²) in [6.45, 7) is 5.58. The van der Waals surface area contributed by atoms with E-state index < -0.39 is 0 Å².